The minimum atomic E-state index is -0.374. The van der Waals surface area contributed by atoms with E-state index in [1.54, 1.807) is 23.5 Å². The molecule has 1 aromatic heterocycles. The molecule has 1 heterocycles. The van der Waals surface area contributed by atoms with Crippen molar-refractivity contribution in [3.63, 3.8) is 0 Å². The number of thiophene rings is 1. The van der Waals surface area contributed by atoms with Gasteiger partial charge in [0.2, 0.25) is 0 Å². The highest BCUT2D eigenvalue weighted by Crippen LogP contribution is 2.39. The topological polar surface area (TPSA) is 64.9 Å². The van der Waals surface area contributed by atoms with Crippen LogP contribution in [0.1, 0.15) is 45.3 Å². The van der Waals surface area contributed by atoms with Crippen LogP contribution in [0.5, 0.6) is 0 Å². The summed E-state index contributed by atoms with van der Waals surface area (Å²) in [5.41, 5.74) is 3.10. The lowest BCUT2D eigenvalue weighted by Gasteiger charge is -2.17. The Morgan fingerprint density at radius 3 is 2.92 bits per heavy atom. The average Bonchev–Trinajstić information content (AvgIpc) is 2.90. The molecule has 0 saturated heterocycles. The fourth-order valence-electron chi connectivity index (χ4n) is 3.07. The number of thiocarbonyl (C=S) groups is 1. The van der Waals surface area contributed by atoms with Gasteiger partial charge in [-0.05, 0) is 67.6 Å². The van der Waals surface area contributed by atoms with Crippen molar-refractivity contribution in [3.05, 3.63) is 50.4 Å². The van der Waals surface area contributed by atoms with Crippen molar-refractivity contribution in [2.75, 3.05) is 5.32 Å². The third kappa shape index (κ3) is 3.90. The number of nitrogens with zero attached hydrogens (tertiary/aromatic N) is 1. The molecule has 2 N–H and O–H groups in total. The van der Waals surface area contributed by atoms with Crippen molar-refractivity contribution in [3.8, 4) is 6.07 Å². The first-order valence-electron chi connectivity index (χ1n) is 8.32. The molecular formula is C19H18ClN3OS2. The molecule has 1 atom stereocenters. The van der Waals surface area contributed by atoms with Crippen LogP contribution < -0.4 is 10.6 Å². The molecule has 0 saturated carbocycles. The largest absolute Gasteiger partial charge is 0.323 e. The van der Waals surface area contributed by atoms with Crippen LogP contribution in [0, 0.1) is 24.2 Å². The fourth-order valence-corrected chi connectivity index (χ4v) is 5.01. The van der Waals surface area contributed by atoms with Gasteiger partial charge >= 0.3 is 0 Å². The number of fused-ring (bicyclic) bond motifs is 1. The smallest absolute Gasteiger partial charge is 0.258 e. The predicted octanol–water partition coefficient (Wildman–Crippen LogP) is 4.83. The van der Waals surface area contributed by atoms with Crippen molar-refractivity contribution in [2.45, 2.75) is 33.1 Å². The average molecular weight is 404 g/mol. The maximum absolute atomic E-state index is 12.4. The quantitative estimate of drug-likeness (QED) is 0.704. The van der Waals surface area contributed by atoms with Gasteiger partial charge in [0.05, 0.1) is 16.1 Å². The molecular weight excluding hydrogens is 386 g/mol. The molecule has 1 aliphatic rings. The highest BCUT2D eigenvalue weighted by Gasteiger charge is 2.24. The summed E-state index contributed by atoms with van der Waals surface area (Å²) in [5, 5.41) is 16.4. The molecule has 1 aliphatic carbocycles. The van der Waals surface area contributed by atoms with Crippen molar-refractivity contribution in [1.29, 1.82) is 5.26 Å². The van der Waals surface area contributed by atoms with E-state index in [1.807, 2.05) is 13.0 Å². The molecule has 134 valence electrons. The monoisotopic (exact) mass is 403 g/mol. The molecule has 3 rings (SSSR count). The number of hydrogen-bond acceptors (Lipinski definition) is 4. The zero-order chi connectivity index (χ0) is 18.8. The third-order valence-electron chi connectivity index (χ3n) is 4.45. The first-order valence-corrected chi connectivity index (χ1v) is 9.92. The zero-order valence-electron chi connectivity index (χ0n) is 14.5. The Kier molecular flexibility index (Phi) is 5.61. The Morgan fingerprint density at radius 1 is 1.46 bits per heavy atom. The molecule has 1 aromatic carbocycles. The number of carbonyl (C=O) groups is 1. The number of aryl methyl sites for hydroxylation is 1. The van der Waals surface area contributed by atoms with Crippen LogP contribution in [0.2, 0.25) is 5.02 Å². The lowest BCUT2D eigenvalue weighted by Crippen LogP contribution is -2.34. The number of halogens is 1. The molecule has 0 unspecified atom stereocenters. The second-order valence-corrected chi connectivity index (χ2v) is 8.48. The summed E-state index contributed by atoms with van der Waals surface area (Å²) in [6.45, 7) is 4.13. The van der Waals surface area contributed by atoms with Gasteiger partial charge in [0.25, 0.3) is 5.91 Å². The van der Waals surface area contributed by atoms with E-state index in [9.17, 15) is 10.1 Å². The van der Waals surface area contributed by atoms with E-state index in [0.717, 1.165) is 30.4 Å². The van der Waals surface area contributed by atoms with Crippen molar-refractivity contribution >= 4 is 51.2 Å². The Balaban J connectivity index is 1.74. The molecule has 26 heavy (non-hydrogen) atoms. The van der Waals surface area contributed by atoms with Gasteiger partial charge < -0.3 is 5.32 Å². The first-order chi connectivity index (χ1) is 12.4. The molecule has 2 aromatic rings. The number of hydrogen-bond donors (Lipinski definition) is 2. The fraction of sp³-hybridized carbons (Fsp3) is 0.316. The van der Waals surface area contributed by atoms with Crippen molar-refractivity contribution in [2.24, 2.45) is 5.92 Å². The third-order valence-corrected chi connectivity index (χ3v) is 6.13. The Bertz CT molecular complexity index is 930. The Hall–Kier alpha value is -1.94. The summed E-state index contributed by atoms with van der Waals surface area (Å²) in [6, 6.07) is 7.50. The first kappa shape index (κ1) is 18.8. The summed E-state index contributed by atoms with van der Waals surface area (Å²) in [7, 11) is 0. The van der Waals surface area contributed by atoms with E-state index in [0.29, 0.717) is 27.1 Å². The van der Waals surface area contributed by atoms with E-state index >= 15 is 0 Å². The molecule has 1 amide bonds. The van der Waals surface area contributed by atoms with E-state index in [1.165, 1.54) is 4.88 Å². The Morgan fingerprint density at radius 2 is 2.23 bits per heavy atom. The summed E-state index contributed by atoms with van der Waals surface area (Å²) < 4.78 is 0. The Labute approximate surface area is 167 Å². The predicted molar refractivity (Wildman–Crippen MR) is 110 cm³/mol. The minimum absolute atomic E-state index is 0.162. The van der Waals surface area contributed by atoms with Crippen LogP contribution in [-0.4, -0.2) is 11.0 Å². The van der Waals surface area contributed by atoms with Gasteiger partial charge in [-0.15, -0.1) is 11.3 Å². The second-order valence-electron chi connectivity index (χ2n) is 6.56. The molecule has 0 spiro atoms. The summed E-state index contributed by atoms with van der Waals surface area (Å²) in [4.78, 5) is 13.6. The molecule has 7 heteroatoms. The number of rotatable bonds is 2. The highest BCUT2D eigenvalue weighted by molar-refractivity contribution is 7.80. The molecule has 0 bridgehead atoms. The van der Waals surface area contributed by atoms with Crippen LogP contribution in [0.25, 0.3) is 0 Å². The summed E-state index contributed by atoms with van der Waals surface area (Å²) in [5.74, 6) is 0.247. The SMILES string of the molecule is Cc1ccc(C(=O)NC(=S)Nc2sc3c(c2C#N)CC[C@@H](C)C3)c(Cl)c1. The van der Waals surface area contributed by atoms with Crippen LogP contribution in [0.15, 0.2) is 18.2 Å². The lowest BCUT2D eigenvalue weighted by molar-refractivity contribution is 0.0978. The second kappa shape index (κ2) is 7.75. The molecule has 0 aliphatic heterocycles. The van der Waals surface area contributed by atoms with E-state index < -0.39 is 0 Å². The van der Waals surface area contributed by atoms with Crippen LogP contribution in [0.4, 0.5) is 5.00 Å². The number of benzene rings is 1. The van der Waals surface area contributed by atoms with Crippen molar-refractivity contribution < 1.29 is 4.79 Å². The van der Waals surface area contributed by atoms with Crippen LogP contribution in [0.3, 0.4) is 0 Å². The van der Waals surface area contributed by atoms with Gasteiger partial charge in [-0.2, -0.15) is 5.26 Å². The molecule has 4 nitrogen and oxygen atoms in total. The number of anilines is 1. The number of carbonyl (C=O) groups excluding carboxylic acids is 1. The van der Waals surface area contributed by atoms with Crippen molar-refractivity contribution in [1.82, 2.24) is 5.32 Å². The normalized spacial score (nSPS) is 15.7. The van der Waals surface area contributed by atoms with E-state index in [2.05, 4.69) is 23.6 Å². The molecule has 0 fully saturated rings. The highest BCUT2D eigenvalue weighted by atomic mass is 35.5. The van der Waals surface area contributed by atoms with Gasteiger partial charge in [0.15, 0.2) is 5.11 Å². The van der Waals surface area contributed by atoms with Crippen LogP contribution in [-0.2, 0) is 12.8 Å². The van der Waals surface area contributed by atoms with E-state index in [4.69, 9.17) is 23.8 Å². The number of amides is 1. The van der Waals surface area contributed by atoms with Gasteiger partial charge in [0, 0.05) is 4.88 Å². The van der Waals surface area contributed by atoms with E-state index in [-0.39, 0.29) is 11.0 Å². The molecule has 0 radical (unpaired) electrons. The lowest BCUT2D eigenvalue weighted by atomic mass is 9.89. The maximum Gasteiger partial charge on any atom is 0.258 e. The summed E-state index contributed by atoms with van der Waals surface area (Å²) >= 11 is 12.9. The zero-order valence-corrected chi connectivity index (χ0v) is 16.9. The number of nitrogens with one attached hydrogen (secondary N) is 2. The number of nitriles is 1. The van der Waals surface area contributed by atoms with Gasteiger partial charge in [-0.3, -0.25) is 10.1 Å². The summed E-state index contributed by atoms with van der Waals surface area (Å²) in [6.07, 6.45) is 2.98. The van der Waals surface area contributed by atoms with Crippen LogP contribution >= 0.6 is 35.2 Å². The van der Waals surface area contributed by atoms with Gasteiger partial charge in [-0.25, -0.2) is 0 Å². The van der Waals surface area contributed by atoms with Gasteiger partial charge in [-0.1, -0.05) is 24.6 Å². The minimum Gasteiger partial charge on any atom is -0.323 e. The standard InChI is InChI=1S/C19H18ClN3OS2/c1-10-4-6-13(15(20)7-10)17(24)22-19(25)23-18-14(9-21)12-5-3-11(2)8-16(12)26-18/h4,6-7,11H,3,5,8H2,1-2H3,(H2,22,23,24,25)/t11-/m1/s1. The maximum atomic E-state index is 12.4. The van der Waals surface area contributed by atoms with Gasteiger partial charge in [0.1, 0.15) is 11.1 Å².